The van der Waals surface area contributed by atoms with Gasteiger partial charge in [0.05, 0.1) is 12.8 Å². The van der Waals surface area contributed by atoms with Gasteiger partial charge < -0.3 is 10.2 Å². The Balaban J connectivity index is 3.98. The fourth-order valence-electron chi connectivity index (χ4n) is 0.312. The van der Waals surface area contributed by atoms with Crippen LogP contribution in [0.5, 0.6) is 0 Å². The molecule has 0 radical (unpaired) electrons. The molecule has 0 amide bonds. The molecule has 0 rings (SSSR count). The average molecular weight is 142 g/mol. The molecule has 0 aromatic heterocycles. The summed E-state index contributed by atoms with van der Waals surface area (Å²) in [6.07, 6.45) is 0.787. The summed E-state index contributed by atoms with van der Waals surface area (Å²) in [6, 6.07) is 0.313. The molecule has 5 nitrogen and oxygen atoms in total. The van der Waals surface area contributed by atoms with E-state index in [9.17, 15) is 4.79 Å². The molecule has 1 unspecified atom stereocenters. The van der Waals surface area contributed by atoms with Gasteiger partial charge in [0.15, 0.2) is 6.04 Å². The first kappa shape index (κ1) is 8.59. The second-order valence-corrected chi connectivity index (χ2v) is 1.44. The monoisotopic (exact) mass is 142 g/mol. The summed E-state index contributed by atoms with van der Waals surface area (Å²) in [4.78, 5) is 13.3. The lowest BCUT2D eigenvalue weighted by Gasteiger charge is -1.98. The normalized spacial score (nSPS) is 12.8. The van der Waals surface area contributed by atoms with E-state index in [2.05, 4.69) is 4.99 Å². The van der Waals surface area contributed by atoms with Crippen molar-refractivity contribution in [3.8, 4) is 6.07 Å². The Bertz CT molecular complexity index is 182. The smallest absolute Gasteiger partial charge is 0.330 e. The summed E-state index contributed by atoms with van der Waals surface area (Å²) >= 11 is 0. The van der Waals surface area contributed by atoms with Gasteiger partial charge in [0.1, 0.15) is 6.07 Å². The van der Waals surface area contributed by atoms with E-state index in [1.807, 2.05) is 0 Å². The highest BCUT2D eigenvalue weighted by Gasteiger charge is 2.12. The van der Waals surface area contributed by atoms with E-state index in [4.69, 9.17) is 15.5 Å². The summed E-state index contributed by atoms with van der Waals surface area (Å²) in [5.41, 5.74) is 0. The van der Waals surface area contributed by atoms with Crippen LogP contribution in [0, 0.1) is 11.3 Å². The number of aliphatic imine (C=N–C) groups is 1. The number of carbonyl (C=O) groups is 1. The predicted molar refractivity (Wildman–Crippen MR) is 32.6 cm³/mol. The number of hydrogen-bond donors (Lipinski definition) is 2. The highest BCUT2D eigenvalue weighted by molar-refractivity contribution is 5.80. The first-order chi connectivity index (χ1) is 4.72. The van der Waals surface area contributed by atoms with Gasteiger partial charge in [0.25, 0.3) is 0 Å². The molecule has 0 aromatic rings. The number of aliphatic hydroxyl groups excluding tert-OH is 1. The molecule has 0 fully saturated rings. The van der Waals surface area contributed by atoms with Crippen molar-refractivity contribution in [2.45, 2.75) is 6.04 Å². The Morgan fingerprint density at radius 3 is 2.80 bits per heavy atom. The van der Waals surface area contributed by atoms with Crippen molar-refractivity contribution in [2.24, 2.45) is 4.99 Å². The molecular formula is C5H6N2O3. The predicted octanol–water partition coefficient (Wildman–Crippen LogP) is -0.974. The van der Waals surface area contributed by atoms with E-state index >= 15 is 0 Å². The van der Waals surface area contributed by atoms with Crippen LogP contribution in [0.3, 0.4) is 0 Å². The van der Waals surface area contributed by atoms with Crippen molar-refractivity contribution in [3.05, 3.63) is 0 Å². The third-order valence-electron chi connectivity index (χ3n) is 0.770. The summed E-state index contributed by atoms with van der Waals surface area (Å²) in [5.74, 6) is -1.24. The van der Waals surface area contributed by atoms with Gasteiger partial charge in [-0.25, -0.2) is 4.79 Å². The van der Waals surface area contributed by atoms with E-state index in [-0.39, 0.29) is 0 Å². The molecule has 0 aliphatic rings. The molecule has 10 heavy (non-hydrogen) atoms. The Morgan fingerprint density at radius 1 is 1.90 bits per heavy atom. The second-order valence-electron chi connectivity index (χ2n) is 1.44. The molecule has 2 N–H and O–H groups in total. The van der Waals surface area contributed by atoms with Crippen molar-refractivity contribution >= 4 is 12.2 Å². The van der Waals surface area contributed by atoms with E-state index in [0.29, 0.717) is 0 Å². The zero-order valence-corrected chi connectivity index (χ0v) is 5.06. The van der Waals surface area contributed by atoms with E-state index in [0.717, 1.165) is 6.21 Å². The van der Waals surface area contributed by atoms with Crippen LogP contribution in [-0.2, 0) is 4.79 Å². The van der Waals surface area contributed by atoms with Crippen LogP contribution in [0.4, 0.5) is 0 Å². The van der Waals surface area contributed by atoms with Gasteiger partial charge in [0, 0.05) is 0 Å². The molecule has 0 spiro atoms. The third-order valence-corrected chi connectivity index (χ3v) is 0.770. The van der Waals surface area contributed by atoms with Crippen LogP contribution in [0.1, 0.15) is 0 Å². The van der Waals surface area contributed by atoms with Gasteiger partial charge in [-0.05, 0) is 0 Å². The van der Waals surface area contributed by atoms with E-state index in [1.54, 1.807) is 0 Å². The fraction of sp³-hybridized carbons (Fsp3) is 0.400. The number of nitrogens with zero attached hydrogens (tertiary/aromatic N) is 2. The zero-order valence-electron chi connectivity index (χ0n) is 5.06. The lowest BCUT2D eigenvalue weighted by atomic mass is 10.3. The summed E-state index contributed by atoms with van der Waals surface area (Å²) < 4.78 is 0. The number of nitriles is 1. The molecule has 54 valence electrons. The maximum Gasteiger partial charge on any atom is 0.330 e. The third kappa shape index (κ3) is 2.79. The van der Waals surface area contributed by atoms with Crippen molar-refractivity contribution in [1.82, 2.24) is 0 Å². The molecule has 0 aliphatic carbocycles. The number of aliphatic carboxylic acids is 1. The number of rotatable bonds is 3. The van der Waals surface area contributed by atoms with Gasteiger partial charge in [-0.15, -0.1) is 0 Å². The molecular weight excluding hydrogens is 136 g/mol. The van der Waals surface area contributed by atoms with Crippen molar-refractivity contribution < 1.29 is 15.0 Å². The molecule has 0 saturated carbocycles. The Kier molecular flexibility index (Phi) is 3.84. The Morgan fingerprint density at radius 2 is 2.50 bits per heavy atom. The lowest BCUT2D eigenvalue weighted by Crippen LogP contribution is -2.21. The number of aliphatic hydroxyl groups is 1. The lowest BCUT2D eigenvalue weighted by molar-refractivity contribution is -0.139. The largest absolute Gasteiger partial charge is 0.480 e. The standard InChI is InChI=1S/C5H6N2O3/c6-1-2-7-4(3-8)5(9)10/h2,4,8H,3H2,(H,9,10)/b7-2+. The molecule has 5 heteroatoms. The van der Waals surface area contributed by atoms with Crippen molar-refractivity contribution in [3.63, 3.8) is 0 Å². The van der Waals surface area contributed by atoms with Crippen LogP contribution in [0.2, 0.25) is 0 Å². The summed E-state index contributed by atoms with van der Waals surface area (Å²) in [6.45, 7) is -0.590. The van der Waals surface area contributed by atoms with Crippen LogP contribution in [-0.4, -0.2) is 35.0 Å². The minimum absolute atomic E-state index is 0.590. The second kappa shape index (κ2) is 4.47. The molecule has 0 bridgehead atoms. The van der Waals surface area contributed by atoms with Crippen LogP contribution < -0.4 is 0 Å². The highest BCUT2D eigenvalue weighted by atomic mass is 16.4. The summed E-state index contributed by atoms with van der Waals surface area (Å²) in [5, 5.41) is 24.5. The van der Waals surface area contributed by atoms with Crippen molar-refractivity contribution in [2.75, 3.05) is 6.61 Å². The van der Waals surface area contributed by atoms with E-state index in [1.165, 1.54) is 6.07 Å². The minimum atomic E-state index is -1.24. The van der Waals surface area contributed by atoms with Crippen LogP contribution in [0.25, 0.3) is 0 Å². The van der Waals surface area contributed by atoms with Gasteiger partial charge in [-0.1, -0.05) is 0 Å². The maximum absolute atomic E-state index is 10.1. The van der Waals surface area contributed by atoms with Gasteiger partial charge in [-0.2, -0.15) is 5.26 Å². The average Bonchev–Trinajstić information content (AvgIpc) is 1.89. The molecule has 1 atom stereocenters. The van der Waals surface area contributed by atoms with Crippen LogP contribution in [0.15, 0.2) is 4.99 Å². The summed E-state index contributed by atoms with van der Waals surface area (Å²) in [7, 11) is 0. The topological polar surface area (TPSA) is 93.7 Å². The Hall–Kier alpha value is -1.41. The van der Waals surface area contributed by atoms with Crippen LogP contribution >= 0.6 is 0 Å². The van der Waals surface area contributed by atoms with Gasteiger partial charge >= 0.3 is 5.97 Å². The minimum Gasteiger partial charge on any atom is -0.480 e. The quantitative estimate of drug-likeness (QED) is 0.495. The fourth-order valence-corrected chi connectivity index (χ4v) is 0.312. The SMILES string of the molecule is N#C/C=N/C(CO)C(=O)O. The van der Waals surface area contributed by atoms with E-state index < -0.39 is 18.6 Å². The molecule has 0 aromatic carbocycles. The molecule has 0 saturated heterocycles. The first-order valence-electron chi connectivity index (χ1n) is 2.47. The van der Waals surface area contributed by atoms with Gasteiger partial charge in [0.2, 0.25) is 0 Å². The molecule has 0 heterocycles. The zero-order chi connectivity index (χ0) is 7.98. The first-order valence-corrected chi connectivity index (χ1v) is 2.47. The van der Waals surface area contributed by atoms with Crippen molar-refractivity contribution in [1.29, 1.82) is 5.26 Å². The number of hydrogen-bond acceptors (Lipinski definition) is 4. The molecule has 0 aliphatic heterocycles. The van der Waals surface area contributed by atoms with Gasteiger partial charge in [-0.3, -0.25) is 4.99 Å². The highest BCUT2D eigenvalue weighted by Crippen LogP contribution is 1.86. The maximum atomic E-state index is 10.1. The Labute approximate surface area is 57.2 Å². The number of carboxylic acids is 1. The number of carboxylic acid groups (broad SMARTS) is 1.